The van der Waals surface area contributed by atoms with Crippen molar-refractivity contribution in [2.45, 2.75) is 31.4 Å². The number of aliphatic hydroxyl groups excluding tert-OH is 1. The van der Waals surface area contributed by atoms with Crippen molar-refractivity contribution >= 4 is 11.3 Å². The van der Waals surface area contributed by atoms with Crippen LogP contribution < -0.4 is 0 Å². The number of fused-ring (bicyclic) bond motifs is 3. The Bertz CT molecular complexity index is 519. The molecule has 3 nitrogen and oxygen atoms in total. The summed E-state index contributed by atoms with van der Waals surface area (Å²) in [5.41, 5.74) is 2.53. The fourth-order valence-corrected chi connectivity index (χ4v) is 4.44. The second-order valence-corrected chi connectivity index (χ2v) is 5.94. The lowest BCUT2D eigenvalue weighted by atomic mass is 9.95. The van der Waals surface area contributed by atoms with Crippen molar-refractivity contribution in [1.29, 1.82) is 0 Å². The topological polar surface area (TPSA) is 38.1 Å². The molecule has 4 heteroatoms. The lowest BCUT2D eigenvalue weighted by Crippen LogP contribution is -2.23. The summed E-state index contributed by atoms with van der Waals surface area (Å²) < 4.78 is 2.25. The van der Waals surface area contributed by atoms with Gasteiger partial charge in [-0.25, -0.2) is 4.98 Å². The van der Waals surface area contributed by atoms with E-state index in [1.165, 1.54) is 16.1 Å². The minimum absolute atomic E-state index is 0.150. The maximum atomic E-state index is 10.1. The van der Waals surface area contributed by atoms with Gasteiger partial charge in [-0.3, -0.25) is 0 Å². The number of imidazole rings is 1. The molecule has 0 unspecified atom stereocenters. The Labute approximate surface area is 104 Å². The first kappa shape index (κ1) is 9.85. The molecule has 1 N–H and O–H groups in total. The van der Waals surface area contributed by atoms with Crippen molar-refractivity contribution in [3.63, 3.8) is 0 Å². The Morgan fingerprint density at radius 2 is 2.35 bits per heavy atom. The van der Waals surface area contributed by atoms with Gasteiger partial charge in [0.1, 0.15) is 0 Å². The summed E-state index contributed by atoms with van der Waals surface area (Å²) in [5, 5.41) is 12.3. The normalized spacial score (nSPS) is 30.5. The molecule has 0 spiro atoms. The Morgan fingerprint density at radius 1 is 1.41 bits per heavy atom. The standard InChI is InChI=1S/C13H14N2OS/c16-11-3-1-2-9(11)12-13-8(4-5-17-13)10-6-14-7-15(10)12/h4-7,9,11-12,16H,1-3H2/t9-,11+,12-/m0/s1. The van der Waals surface area contributed by atoms with Crippen LogP contribution >= 0.6 is 11.3 Å². The second kappa shape index (κ2) is 3.43. The number of rotatable bonds is 1. The average Bonchev–Trinajstić information content (AvgIpc) is 3.00. The van der Waals surface area contributed by atoms with Crippen LogP contribution in [0.4, 0.5) is 0 Å². The van der Waals surface area contributed by atoms with Crippen LogP contribution in [0.2, 0.25) is 0 Å². The molecule has 1 fully saturated rings. The summed E-state index contributed by atoms with van der Waals surface area (Å²) >= 11 is 1.81. The van der Waals surface area contributed by atoms with Crippen molar-refractivity contribution in [3.8, 4) is 11.3 Å². The van der Waals surface area contributed by atoms with Gasteiger partial charge in [0.25, 0.3) is 0 Å². The van der Waals surface area contributed by atoms with E-state index in [2.05, 4.69) is 21.0 Å². The third kappa shape index (κ3) is 1.22. The molecule has 4 rings (SSSR count). The van der Waals surface area contributed by atoms with Crippen molar-refractivity contribution in [2.75, 3.05) is 0 Å². The van der Waals surface area contributed by atoms with E-state index in [4.69, 9.17) is 0 Å². The summed E-state index contributed by atoms with van der Waals surface area (Å²) in [6, 6.07) is 2.49. The molecule has 2 aliphatic rings. The van der Waals surface area contributed by atoms with Gasteiger partial charge in [0.05, 0.1) is 30.4 Å². The predicted octanol–water partition coefficient (Wildman–Crippen LogP) is 2.68. The first-order valence-corrected chi connectivity index (χ1v) is 7.02. The van der Waals surface area contributed by atoms with Crippen LogP contribution in [0.5, 0.6) is 0 Å². The highest BCUT2D eigenvalue weighted by Gasteiger charge is 2.40. The van der Waals surface area contributed by atoms with Crippen molar-refractivity contribution in [2.24, 2.45) is 5.92 Å². The van der Waals surface area contributed by atoms with Crippen LogP contribution in [0.1, 0.15) is 30.2 Å². The average molecular weight is 246 g/mol. The van der Waals surface area contributed by atoms with Crippen molar-refractivity contribution in [3.05, 3.63) is 28.8 Å². The summed E-state index contributed by atoms with van der Waals surface area (Å²) in [5.74, 6) is 0.364. The highest BCUT2D eigenvalue weighted by molar-refractivity contribution is 7.10. The minimum atomic E-state index is -0.150. The second-order valence-electron chi connectivity index (χ2n) is 4.99. The quantitative estimate of drug-likeness (QED) is 0.840. The van der Waals surface area contributed by atoms with Crippen LogP contribution in [-0.4, -0.2) is 20.8 Å². The van der Waals surface area contributed by atoms with Crippen LogP contribution in [0, 0.1) is 5.92 Å². The SMILES string of the molecule is O[C@@H]1CCC[C@@H]1[C@H]1c2sccc2-c2cncn21. The molecule has 3 heterocycles. The van der Waals surface area contributed by atoms with E-state index in [0.29, 0.717) is 12.0 Å². The van der Waals surface area contributed by atoms with Crippen LogP contribution in [0.25, 0.3) is 11.3 Å². The van der Waals surface area contributed by atoms with Gasteiger partial charge >= 0.3 is 0 Å². The third-order valence-corrected chi connectivity index (χ3v) is 5.13. The first-order chi connectivity index (χ1) is 8.36. The van der Waals surface area contributed by atoms with Gasteiger partial charge in [0.15, 0.2) is 0 Å². The van der Waals surface area contributed by atoms with Gasteiger partial charge in [0.2, 0.25) is 0 Å². The van der Waals surface area contributed by atoms with Gasteiger partial charge in [0, 0.05) is 16.4 Å². The zero-order valence-electron chi connectivity index (χ0n) is 9.41. The largest absolute Gasteiger partial charge is 0.393 e. The van der Waals surface area contributed by atoms with E-state index >= 15 is 0 Å². The Hall–Kier alpha value is -1.13. The van der Waals surface area contributed by atoms with Gasteiger partial charge < -0.3 is 9.67 Å². The smallest absolute Gasteiger partial charge is 0.0957 e. The van der Waals surface area contributed by atoms with Crippen molar-refractivity contribution < 1.29 is 5.11 Å². The fraction of sp³-hybridized carbons (Fsp3) is 0.462. The van der Waals surface area contributed by atoms with Gasteiger partial charge in [-0.05, 0) is 24.3 Å². The van der Waals surface area contributed by atoms with Crippen LogP contribution in [0.15, 0.2) is 24.0 Å². The molecule has 0 aromatic carbocycles. The zero-order chi connectivity index (χ0) is 11.4. The van der Waals surface area contributed by atoms with E-state index < -0.39 is 0 Å². The summed E-state index contributed by atoms with van der Waals surface area (Å²) in [4.78, 5) is 5.67. The first-order valence-electron chi connectivity index (χ1n) is 6.14. The van der Waals surface area contributed by atoms with Crippen molar-refractivity contribution in [1.82, 2.24) is 9.55 Å². The third-order valence-electron chi connectivity index (χ3n) is 4.14. The molecule has 88 valence electrons. The fourth-order valence-electron chi connectivity index (χ4n) is 3.36. The molecule has 2 aromatic heterocycles. The molecular formula is C13H14N2OS. The molecule has 0 bridgehead atoms. The lowest BCUT2D eigenvalue weighted by molar-refractivity contribution is 0.113. The van der Waals surface area contributed by atoms with E-state index in [1.54, 1.807) is 0 Å². The Kier molecular flexibility index (Phi) is 1.99. The molecule has 0 amide bonds. The highest BCUT2D eigenvalue weighted by atomic mass is 32.1. The molecule has 1 aliphatic carbocycles. The molecular weight excluding hydrogens is 232 g/mol. The Balaban J connectivity index is 1.87. The highest BCUT2D eigenvalue weighted by Crippen LogP contribution is 2.49. The molecule has 1 saturated carbocycles. The molecule has 17 heavy (non-hydrogen) atoms. The molecule has 1 aliphatic heterocycles. The molecule has 2 aromatic rings. The minimum Gasteiger partial charge on any atom is -0.393 e. The summed E-state index contributed by atoms with van der Waals surface area (Å²) in [6.07, 6.45) is 6.92. The van der Waals surface area contributed by atoms with E-state index in [-0.39, 0.29) is 6.10 Å². The molecule has 0 saturated heterocycles. The zero-order valence-corrected chi connectivity index (χ0v) is 10.2. The van der Waals surface area contributed by atoms with Crippen LogP contribution in [-0.2, 0) is 0 Å². The van der Waals surface area contributed by atoms with Gasteiger partial charge in [-0.1, -0.05) is 6.42 Å². The molecule has 3 atom stereocenters. The molecule has 0 radical (unpaired) electrons. The predicted molar refractivity (Wildman–Crippen MR) is 67.0 cm³/mol. The number of hydrogen-bond acceptors (Lipinski definition) is 3. The van der Waals surface area contributed by atoms with Gasteiger partial charge in [-0.2, -0.15) is 0 Å². The number of nitrogens with zero attached hydrogens (tertiary/aromatic N) is 2. The maximum absolute atomic E-state index is 10.1. The Morgan fingerprint density at radius 3 is 3.18 bits per heavy atom. The van der Waals surface area contributed by atoms with E-state index in [9.17, 15) is 5.11 Å². The van der Waals surface area contributed by atoms with E-state index in [1.807, 2.05) is 23.9 Å². The summed E-state index contributed by atoms with van der Waals surface area (Å²) in [7, 11) is 0. The summed E-state index contributed by atoms with van der Waals surface area (Å²) in [6.45, 7) is 0. The number of aromatic nitrogens is 2. The van der Waals surface area contributed by atoms with Crippen LogP contribution in [0.3, 0.4) is 0 Å². The lowest BCUT2D eigenvalue weighted by Gasteiger charge is -2.23. The van der Waals surface area contributed by atoms with Gasteiger partial charge in [-0.15, -0.1) is 11.3 Å². The number of aliphatic hydroxyl groups is 1. The monoisotopic (exact) mass is 246 g/mol. The number of thiophene rings is 1. The maximum Gasteiger partial charge on any atom is 0.0957 e. The van der Waals surface area contributed by atoms with E-state index in [0.717, 1.165) is 19.3 Å². The number of hydrogen-bond donors (Lipinski definition) is 1.